The Hall–Kier alpha value is -1.40. The van der Waals surface area contributed by atoms with Gasteiger partial charge in [0.15, 0.2) is 0 Å². The van der Waals surface area contributed by atoms with Crippen LogP contribution in [-0.2, 0) is 6.42 Å². The zero-order valence-corrected chi connectivity index (χ0v) is 11.2. The first kappa shape index (κ1) is 14.0. The number of aromatic nitrogens is 1. The van der Waals surface area contributed by atoms with Gasteiger partial charge in [-0.15, -0.1) is 0 Å². The van der Waals surface area contributed by atoms with E-state index < -0.39 is 11.6 Å². The van der Waals surface area contributed by atoms with Gasteiger partial charge in [-0.05, 0) is 42.3 Å². The highest BCUT2D eigenvalue weighted by Gasteiger charge is 2.15. The first-order valence-corrected chi connectivity index (χ1v) is 6.72. The average Bonchev–Trinajstić information content (AvgIpc) is 2.86. The number of rotatable bonds is 5. The Morgan fingerprint density at radius 1 is 1.37 bits per heavy atom. The summed E-state index contributed by atoms with van der Waals surface area (Å²) in [5.41, 5.74) is 6.33. The van der Waals surface area contributed by atoms with Gasteiger partial charge in [0.2, 0.25) is 0 Å². The van der Waals surface area contributed by atoms with Crippen LogP contribution in [0.25, 0.3) is 0 Å². The Bertz CT molecular complexity index is 523. The summed E-state index contributed by atoms with van der Waals surface area (Å²) in [6.07, 6.45) is 3.99. The van der Waals surface area contributed by atoms with Gasteiger partial charge >= 0.3 is 0 Å². The Morgan fingerprint density at radius 3 is 2.58 bits per heavy atom. The van der Waals surface area contributed by atoms with E-state index in [0.717, 1.165) is 18.2 Å². The fourth-order valence-electron chi connectivity index (χ4n) is 1.62. The molecule has 102 valence electrons. The highest BCUT2D eigenvalue weighted by atomic mass is 32.2. The van der Waals surface area contributed by atoms with Crippen LogP contribution in [0.2, 0.25) is 0 Å². The lowest BCUT2D eigenvalue weighted by molar-refractivity contribution is 0.451. The summed E-state index contributed by atoms with van der Waals surface area (Å²) in [7, 11) is 0. The molecule has 2 rings (SSSR count). The zero-order chi connectivity index (χ0) is 13.8. The van der Waals surface area contributed by atoms with Gasteiger partial charge in [0.05, 0.1) is 11.1 Å². The second-order valence-corrected chi connectivity index (χ2v) is 5.12. The van der Waals surface area contributed by atoms with Gasteiger partial charge in [-0.1, -0.05) is 6.92 Å². The first-order valence-electron chi connectivity index (χ1n) is 5.91. The summed E-state index contributed by atoms with van der Waals surface area (Å²) >= 11 is 0.822. The summed E-state index contributed by atoms with van der Waals surface area (Å²) in [5.74, 6) is -1.25. The maximum Gasteiger partial charge on any atom is 0.260 e. The normalized spacial score (nSPS) is 12.6. The third-order valence-corrected chi connectivity index (χ3v) is 3.65. The van der Waals surface area contributed by atoms with E-state index in [2.05, 4.69) is 4.98 Å². The summed E-state index contributed by atoms with van der Waals surface area (Å²) in [6.45, 7) is 1.93. The molecule has 0 aliphatic rings. The molecule has 0 saturated heterocycles. The molecule has 1 unspecified atom stereocenters. The number of nitrogens with two attached hydrogens (primary N) is 1. The molecule has 2 N–H and O–H groups in total. The van der Waals surface area contributed by atoms with Gasteiger partial charge in [0, 0.05) is 6.04 Å². The SMILES string of the molecule is CCC(N)Cc1cc(F)c(Sc2ncco2)c(F)c1. The second kappa shape index (κ2) is 6.16. The smallest absolute Gasteiger partial charge is 0.260 e. The largest absolute Gasteiger partial charge is 0.440 e. The van der Waals surface area contributed by atoms with E-state index in [-0.39, 0.29) is 16.2 Å². The lowest BCUT2D eigenvalue weighted by Crippen LogP contribution is -2.21. The van der Waals surface area contributed by atoms with Crippen molar-refractivity contribution in [3.8, 4) is 0 Å². The third kappa shape index (κ3) is 3.54. The van der Waals surface area contributed by atoms with Crippen molar-refractivity contribution in [3.63, 3.8) is 0 Å². The summed E-state index contributed by atoms with van der Waals surface area (Å²) < 4.78 is 32.7. The topological polar surface area (TPSA) is 52.0 Å². The van der Waals surface area contributed by atoms with Crippen molar-refractivity contribution in [2.24, 2.45) is 5.73 Å². The van der Waals surface area contributed by atoms with Gasteiger partial charge in [0.1, 0.15) is 17.9 Å². The van der Waals surface area contributed by atoms with Crippen LogP contribution in [0.1, 0.15) is 18.9 Å². The van der Waals surface area contributed by atoms with E-state index in [4.69, 9.17) is 10.2 Å². The van der Waals surface area contributed by atoms with Crippen molar-refractivity contribution >= 4 is 11.8 Å². The molecule has 6 heteroatoms. The highest BCUT2D eigenvalue weighted by Crippen LogP contribution is 2.31. The molecule has 1 aromatic carbocycles. The van der Waals surface area contributed by atoms with Crippen molar-refractivity contribution in [2.45, 2.75) is 35.9 Å². The standard InChI is InChI=1S/C13H14F2N2OS/c1-2-9(16)5-8-6-10(14)12(11(15)7-8)19-13-17-3-4-18-13/h3-4,6-7,9H,2,5,16H2,1H3. The summed E-state index contributed by atoms with van der Waals surface area (Å²) in [6, 6.07) is 2.53. The van der Waals surface area contributed by atoms with Gasteiger partial charge in [0.25, 0.3) is 5.22 Å². The lowest BCUT2D eigenvalue weighted by atomic mass is 10.0. The molecular weight excluding hydrogens is 270 g/mol. The Balaban J connectivity index is 2.22. The Morgan fingerprint density at radius 2 is 2.05 bits per heavy atom. The maximum atomic E-state index is 13.9. The average molecular weight is 284 g/mol. The fourth-order valence-corrected chi connectivity index (χ4v) is 2.33. The molecule has 1 atom stereocenters. The molecule has 0 radical (unpaired) electrons. The predicted molar refractivity (Wildman–Crippen MR) is 69.0 cm³/mol. The molecule has 0 bridgehead atoms. The van der Waals surface area contributed by atoms with E-state index in [1.54, 1.807) is 0 Å². The highest BCUT2D eigenvalue weighted by molar-refractivity contribution is 7.99. The van der Waals surface area contributed by atoms with E-state index in [0.29, 0.717) is 12.0 Å². The van der Waals surface area contributed by atoms with Crippen LogP contribution in [0.4, 0.5) is 8.78 Å². The maximum absolute atomic E-state index is 13.9. The third-order valence-electron chi connectivity index (χ3n) is 2.68. The van der Waals surface area contributed by atoms with Gasteiger partial charge < -0.3 is 10.2 Å². The molecule has 0 saturated carbocycles. The van der Waals surface area contributed by atoms with E-state index >= 15 is 0 Å². The molecule has 0 aliphatic carbocycles. The van der Waals surface area contributed by atoms with Crippen molar-refractivity contribution in [3.05, 3.63) is 41.8 Å². The van der Waals surface area contributed by atoms with Crippen LogP contribution in [0.5, 0.6) is 0 Å². The van der Waals surface area contributed by atoms with E-state index in [9.17, 15) is 8.78 Å². The Kier molecular flexibility index (Phi) is 4.55. The van der Waals surface area contributed by atoms with E-state index in [1.165, 1.54) is 24.6 Å². The molecule has 0 fully saturated rings. The van der Waals surface area contributed by atoms with Gasteiger partial charge in [-0.3, -0.25) is 0 Å². The molecule has 0 amide bonds. The van der Waals surface area contributed by atoms with Crippen LogP contribution >= 0.6 is 11.8 Å². The minimum Gasteiger partial charge on any atom is -0.440 e. The molecule has 2 aromatic rings. The number of benzene rings is 1. The van der Waals surface area contributed by atoms with Crippen molar-refractivity contribution in [1.29, 1.82) is 0 Å². The van der Waals surface area contributed by atoms with Gasteiger partial charge in [-0.2, -0.15) is 0 Å². The number of nitrogens with zero attached hydrogens (tertiary/aromatic N) is 1. The molecule has 3 nitrogen and oxygen atoms in total. The molecule has 0 spiro atoms. The monoisotopic (exact) mass is 284 g/mol. The van der Waals surface area contributed by atoms with E-state index in [1.807, 2.05) is 6.92 Å². The second-order valence-electron chi connectivity index (χ2n) is 4.16. The van der Waals surface area contributed by atoms with Crippen LogP contribution in [-0.4, -0.2) is 11.0 Å². The number of oxazole rings is 1. The summed E-state index contributed by atoms with van der Waals surface area (Å²) in [5, 5.41) is 0.204. The summed E-state index contributed by atoms with van der Waals surface area (Å²) in [4.78, 5) is 3.71. The molecule has 1 heterocycles. The van der Waals surface area contributed by atoms with Crippen molar-refractivity contribution in [2.75, 3.05) is 0 Å². The van der Waals surface area contributed by atoms with Gasteiger partial charge in [-0.25, -0.2) is 13.8 Å². The predicted octanol–water partition coefficient (Wildman–Crippen LogP) is 3.38. The quantitative estimate of drug-likeness (QED) is 0.914. The van der Waals surface area contributed by atoms with Crippen LogP contribution in [0, 0.1) is 11.6 Å². The van der Waals surface area contributed by atoms with Crippen LogP contribution in [0.15, 0.2) is 39.1 Å². The minimum atomic E-state index is -0.624. The molecular formula is C13H14F2N2OS. The first-order chi connectivity index (χ1) is 9.10. The van der Waals surface area contributed by atoms with Crippen molar-refractivity contribution in [1.82, 2.24) is 4.98 Å². The van der Waals surface area contributed by atoms with Crippen LogP contribution in [0.3, 0.4) is 0 Å². The number of halogens is 2. The minimum absolute atomic E-state index is 0.0935. The molecule has 19 heavy (non-hydrogen) atoms. The lowest BCUT2D eigenvalue weighted by Gasteiger charge is -2.10. The fraction of sp³-hybridized carbons (Fsp3) is 0.308. The van der Waals surface area contributed by atoms with Crippen molar-refractivity contribution < 1.29 is 13.2 Å². The van der Waals surface area contributed by atoms with Crippen LogP contribution < -0.4 is 5.73 Å². The Labute approximate surface area is 114 Å². The molecule has 1 aromatic heterocycles. The zero-order valence-electron chi connectivity index (χ0n) is 10.4. The molecule has 0 aliphatic heterocycles. The number of hydrogen-bond donors (Lipinski definition) is 1. The number of hydrogen-bond acceptors (Lipinski definition) is 4.